The molecule has 0 aliphatic heterocycles. The molecule has 1 aromatic heterocycles. The van der Waals surface area contributed by atoms with E-state index in [1.165, 1.54) is 21.5 Å². The third kappa shape index (κ3) is 3.89. The Hall–Kier alpha value is 0.140. The summed E-state index contributed by atoms with van der Waals surface area (Å²) >= 11 is 5.37. The number of rotatable bonds is 6. The summed E-state index contributed by atoms with van der Waals surface area (Å²) in [4.78, 5) is 1.45. The lowest BCUT2D eigenvalue weighted by Crippen LogP contribution is -2.25. The molecule has 1 nitrogen and oxygen atoms in total. The summed E-state index contributed by atoms with van der Waals surface area (Å²) in [6.07, 6.45) is 2.54. The van der Waals surface area contributed by atoms with Crippen molar-refractivity contribution in [1.29, 1.82) is 0 Å². The Morgan fingerprint density at radius 2 is 2.13 bits per heavy atom. The smallest absolute Gasteiger partial charge is 0.0701 e. The minimum atomic E-state index is 0.520. The normalized spacial score (nSPS) is 15.2. The van der Waals surface area contributed by atoms with Gasteiger partial charge in [0.05, 0.1) is 3.79 Å². The van der Waals surface area contributed by atoms with Crippen LogP contribution in [0, 0.1) is 5.92 Å². The number of nitrogens with one attached hydrogen (secondary N) is 1. The summed E-state index contributed by atoms with van der Waals surface area (Å²) in [7, 11) is 0. The van der Waals surface area contributed by atoms with Crippen LogP contribution in [-0.4, -0.2) is 6.54 Å². The summed E-state index contributed by atoms with van der Waals surface area (Å²) in [5, 5.41) is 3.59. The van der Waals surface area contributed by atoms with E-state index in [4.69, 9.17) is 0 Å². The van der Waals surface area contributed by atoms with Crippen LogP contribution >= 0.6 is 27.3 Å². The molecule has 1 heterocycles. The van der Waals surface area contributed by atoms with Gasteiger partial charge in [0, 0.05) is 10.9 Å². The van der Waals surface area contributed by atoms with Gasteiger partial charge in [0.1, 0.15) is 0 Å². The first-order chi connectivity index (χ1) is 7.19. The van der Waals surface area contributed by atoms with E-state index in [2.05, 4.69) is 54.2 Å². The van der Waals surface area contributed by atoms with Gasteiger partial charge in [-0.15, -0.1) is 11.3 Å². The van der Waals surface area contributed by atoms with E-state index in [-0.39, 0.29) is 0 Å². The Bertz CT molecular complexity index is 285. The first-order valence-electron chi connectivity index (χ1n) is 5.67. The molecule has 0 saturated carbocycles. The molecular weight excluding hydrogens is 270 g/mol. The van der Waals surface area contributed by atoms with Crippen molar-refractivity contribution in [2.75, 3.05) is 6.54 Å². The zero-order valence-electron chi connectivity index (χ0n) is 9.72. The topological polar surface area (TPSA) is 12.0 Å². The molecule has 0 aliphatic rings. The van der Waals surface area contributed by atoms with Crippen LogP contribution in [0.4, 0.5) is 0 Å². The Kier molecular flexibility index (Phi) is 5.87. The SMILES string of the molecule is CCCC(C)C(NCC)c1ccc(Br)s1. The van der Waals surface area contributed by atoms with Gasteiger partial charge in [-0.05, 0) is 46.9 Å². The molecule has 1 aromatic rings. The van der Waals surface area contributed by atoms with Gasteiger partial charge in [-0.3, -0.25) is 0 Å². The quantitative estimate of drug-likeness (QED) is 0.807. The summed E-state index contributed by atoms with van der Waals surface area (Å²) in [6, 6.07) is 4.89. The molecule has 2 unspecified atom stereocenters. The van der Waals surface area contributed by atoms with Gasteiger partial charge in [-0.1, -0.05) is 27.2 Å². The van der Waals surface area contributed by atoms with E-state index < -0.39 is 0 Å². The van der Waals surface area contributed by atoms with Crippen LogP contribution < -0.4 is 5.32 Å². The first-order valence-corrected chi connectivity index (χ1v) is 7.28. The van der Waals surface area contributed by atoms with Crippen LogP contribution in [0.3, 0.4) is 0 Å². The molecule has 1 rings (SSSR count). The van der Waals surface area contributed by atoms with E-state index in [1.807, 2.05) is 11.3 Å². The van der Waals surface area contributed by atoms with Crippen LogP contribution in [-0.2, 0) is 0 Å². The molecule has 86 valence electrons. The minimum absolute atomic E-state index is 0.520. The lowest BCUT2D eigenvalue weighted by Gasteiger charge is -2.23. The highest BCUT2D eigenvalue weighted by Crippen LogP contribution is 2.32. The zero-order chi connectivity index (χ0) is 11.3. The maximum Gasteiger partial charge on any atom is 0.0701 e. The van der Waals surface area contributed by atoms with Gasteiger partial charge >= 0.3 is 0 Å². The van der Waals surface area contributed by atoms with Crippen molar-refractivity contribution >= 4 is 27.3 Å². The Morgan fingerprint density at radius 1 is 1.40 bits per heavy atom. The molecule has 0 radical (unpaired) electrons. The second-order valence-corrected chi connectivity index (χ2v) is 6.44. The predicted octanol–water partition coefficient (Wildman–Crippen LogP) is 4.60. The molecule has 2 atom stereocenters. The van der Waals surface area contributed by atoms with Gasteiger partial charge < -0.3 is 5.32 Å². The van der Waals surface area contributed by atoms with Gasteiger partial charge in [0.2, 0.25) is 0 Å². The van der Waals surface area contributed by atoms with Crippen molar-refractivity contribution in [1.82, 2.24) is 5.32 Å². The van der Waals surface area contributed by atoms with Crippen LogP contribution in [0.25, 0.3) is 0 Å². The number of halogens is 1. The monoisotopic (exact) mass is 289 g/mol. The van der Waals surface area contributed by atoms with Gasteiger partial charge in [0.25, 0.3) is 0 Å². The molecule has 0 saturated heterocycles. The molecule has 0 bridgehead atoms. The summed E-state index contributed by atoms with van der Waals surface area (Å²) in [5.74, 6) is 0.709. The Balaban J connectivity index is 2.72. The highest BCUT2D eigenvalue weighted by molar-refractivity contribution is 9.11. The molecule has 3 heteroatoms. The fraction of sp³-hybridized carbons (Fsp3) is 0.667. The molecule has 0 aliphatic carbocycles. The van der Waals surface area contributed by atoms with E-state index in [0.29, 0.717) is 12.0 Å². The molecule has 0 aromatic carbocycles. The number of hydrogen-bond donors (Lipinski definition) is 1. The zero-order valence-corrected chi connectivity index (χ0v) is 12.1. The third-order valence-electron chi connectivity index (χ3n) is 2.64. The average molecular weight is 290 g/mol. The molecule has 1 N–H and O–H groups in total. The van der Waals surface area contributed by atoms with E-state index in [0.717, 1.165) is 6.54 Å². The number of thiophene rings is 1. The molecular formula is C12H20BrNS. The van der Waals surface area contributed by atoms with Gasteiger partial charge in [-0.25, -0.2) is 0 Å². The highest BCUT2D eigenvalue weighted by Gasteiger charge is 2.18. The standard InChI is InChI=1S/C12H20BrNS/c1-4-6-9(3)12(14-5-2)10-7-8-11(13)15-10/h7-9,12,14H,4-6H2,1-3H3. The second kappa shape index (κ2) is 6.66. The summed E-state index contributed by atoms with van der Waals surface area (Å²) < 4.78 is 1.23. The van der Waals surface area contributed by atoms with E-state index in [9.17, 15) is 0 Å². The summed E-state index contributed by atoms with van der Waals surface area (Å²) in [5.41, 5.74) is 0. The largest absolute Gasteiger partial charge is 0.309 e. The van der Waals surface area contributed by atoms with E-state index in [1.54, 1.807) is 0 Å². The number of hydrogen-bond acceptors (Lipinski definition) is 2. The lowest BCUT2D eigenvalue weighted by molar-refractivity contribution is 0.374. The van der Waals surface area contributed by atoms with Crippen molar-refractivity contribution < 1.29 is 0 Å². The fourth-order valence-corrected chi connectivity index (χ4v) is 3.55. The lowest BCUT2D eigenvalue weighted by atomic mass is 9.95. The van der Waals surface area contributed by atoms with Gasteiger partial charge in [-0.2, -0.15) is 0 Å². The minimum Gasteiger partial charge on any atom is -0.309 e. The Labute approximate surface area is 105 Å². The van der Waals surface area contributed by atoms with Crippen molar-refractivity contribution in [2.24, 2.45) is 5.92 Å². The van der Waals surface area contributed by atoms with Crippen LogP contribution in [0.2, 0.25) is 0 Å². The maximum absolute atomic E-state index is 3.59. The predicted molar refractivity (Wildman–Crippen MR) is 72.5 cm³/mol. The van der Waals surface area contributed by atoms with Crippen LogP contribution in [0.5, 0.6) is 0 Å². The molecule has 0 fully saturated rings. The highest BCUT2D eigenvalue weighted by atomic mass is 79.9. The molecule has 0 amide bonds. The molecule has 0 spiro atoms. The summed E-state index contributed by atoms with van der Waals surface area (Å²) in [6.45, 7) is 7.80. The van der Waals surface area contributed by atoms with E-state index >= 15 is 0 Å². The Morgan fingerprint density at radius 3 is 2.60 bits per heavy atom. The van der Waals surface area contributed by atoms with Crippen LogP contribution in [0.1, 0.15) is 44.5 Å². The van der Waals surface area contributed by atoms with Crippen molar-refractivity contribution in [3.63, 3.8) is 0 Å². The van der Waals surface area contributed by atoms with Crippen molar-refractivity contribution in [3.8, 4) is 0 Å². The van der Waals surface area contributed by atoms with Crippen molar-refractivity contribution in [3.05, 3.63) is 20.8 Å². The van der Waals surface area contributed by atoms with Crippen molar-refractivity contribution in [2.45, 2.75) is 39.7 Å². The maximum atomic E-state index is 3.59. The third-order valence-corrected chi connectivity index (χ3v) is 4.34. The fourth-order valence-electron chi connectivity index (χ4n) is 1.92. The van der Waals surface area contributed by atoms with Gasteiger partial charge in [0.15, 0.2) is 0 Å². The average Bonchev–Trinajstić information content (AvgIpc) is 2.61. The van der Waals surface area contributed by atoms with Crippen LogP contribution in [0.15, 0.2) is 15.9 Å². The second-order valence-electron chi connectivity index (χ2n) is 3.94. The first kappa shape index (κ1) is 13.2. The molecule has 15 heavy (non-hydrogen) atoms.